The molecule has 0 bridgehead atoms. The monoisotopic (exact) mass is 238 g/mol. The van der Waals surface area contributed by atoms with E-state index in [1.165, 1.54) is 0 Å². The first-order valence-corrected chi connectivity index (χ1v) is 6.07. The van der Waals surface area contributed by atoms with Crippen molar-refractivity contribution in [2.24, 2.45) is 0 Å². The summed E-state index contributed by atoms with van der Waals surface area (Å²) >= 11 is 0. The zero-order valence-electron chi connectivity index (χ0n) is 10.6. The number of benzene rings is 1. The SMILES string of the molecule is CCOc1cc(N)cc(NCCCC(C)O)c1. The van der Waals surface area contributed by atoms with Gasteiger partial charge in [0.15, 0.2) is 0 Å². The molecule has 0 amide bonds. The van der Waals surface area contributed by atoms with E-state index >= 15 is 0 Å². The molecule has 1 atom stereocenters. The normalized spacial score (nSPS) is 12.2. The zero-order valence-corrected chi connectivity index (χ0v) is 10.6. The Bertz CT molecular complexity index is 340. The first-order chi connectivity index (χ1) is 8.11. The third-order valence-electron chi connectivity index (χ3n) is 2.37. The molecule has 0 radical (unpaired) electrons. The summed E-state index contributed by atoms with van der Waals surface area (Å²) in [7, 11) is 0. The standard InChI is InChI=1S/C13H22N2O2/c1-3-17-13-8-11(14)7-12(9-13)15-6-4-5-10(2)16/h7-10,15-16H,3-6,14H2,1-2H3. The third-order valence-corrected chi connectivity index (χ3v) is 2.37. The lowest BCUT2D eigenvalue weighted by Crippen LogP contribution is -2.07. The van der Waals surface area contributed by atoms with Gasteiger partial charge in [0, 0.05) is 30.1 Å². The molecule has 0 aromatic heterocycles. The van der Waals surface area contributed by atoms with Crippen LogP contribution in [0, 0.1) is 0 Å². The van der Waals surface area contributed by atoms with E-state index < -0.39 is 0 Å². The highest BCUT2D eigenvalue weighted by molar-refractivity contribution is 5.59. The van der Waals surface area contributed by atoms with Crippen molar-refractivity contribution < 1.29 is 9.84 Å². The summed E-state index contributed by atoms with van der Waals surface area (Å²) in [5.74, 6) is 0.783. The largest absolute Gasteiger partial charge is 0.494 e. The van der Waals surface area contributed by atoms with Crippen LogP contribution >= 0.6 is 0 Å². The predicted molar refractivity (Wildman–Crippen MR) is 71.4 cm³/mol. The number of nitrogens with one attached hydrogen (secondary N) is 1. The molecule has 96 valence electrons. The molecular formula is C13H22N2O2. The van der Waals surface area contributed by atoms with E-state index in [4.69, 9.17) is 15.6 Å². The Hall–Kier alpha value is -1.42. The number of anilines is 2. The van der Waals surface area contributed by atoms with Gasteiger partial charge in [-0.15, -0.1) is 0 Å². The second kappa shape index (κ2) is 7.01. The Morgan fingerprint density at radius 2 is 2.18 bits per heavy atom. The average molecular weight is 238 g/mol. The maximum Gasteiger partial charge on any atom is 0.123 e. The highest BCUT2D eigenvalue weighted by Gasteiger charge is 2.00. The van der Waals surface area contributed by atoms with Crippen LogP contribution in [-0.2, 0) is 0 Å². The molecule has 4 N–H and O–H groups in total. The van der Waals surface area contributed by atoms with E-state index in [2.05, 4.69) is 5.32 Å². The fraction of sp³-hybridized carbons (Fsp3) is 0.538. The number of ether oxygens (including phenoxy) is 1. The number of hydrogen-bond donors (Lipinski definition) is 3. The molecular weight excluding hydrogens is 216 g/mol. The molecule has 1 rings (SSSR count). The van der Waals surface area contributed by atoms with Gasteiger partial charge in [-0.2, -0.15) is 0 Å². The van der Waals surface area contributed by atoms with Gasteiger partial charge < -0.3 is 20.9 Å². The number of nitrogen functional groups attached to an aromatic ring is 1. The van der Waals surface area contributed by atoms with Gasteiger partial charge in [-0.3, -0.25) is 0 Å². The van der Waals surface area contributed by atoms with Crippen LogP contribution < -0.4 is 15.8 Å². The lowest BCUT2D eigenvalue weighted by molar-refractivity contribution is 0.183. The Kier molecular flexibility index (Phi) is 5.63. The first-order valence-electron chi connectivity index (χ1n) is 6.07. The van der Waals surface area contributed by atoms with E-state index in [9.17, 15) is 0 Å². The molecule has 1 unspecified atom stereocenters. The van der Waals surface area contributed by atoms with Gasteiger partial charge in [0.1, 0.15) is 5.75 Å². The van der Waals surface area contributed by atoms with E-state index in [1.807, 2.05) is 25.1 Å². The number of nitrogens with two attached hydrogens (primary N) is 1. The summed E-state index contributed by atoms with van der Waals surface area (Å²) in [6.07, 6.45) is 1.49. The molecule has 0 aliphatic rings. The fourth-order valence-corrected chi connectivity index (χ4v) is 1.60. The first kappa shape index (κ1) is 13.6. The predicted octanol–water partition coefficient (Wildman–Crippen LogP) is 2.24. The molecule has 0 heterocycles. The molecule has 0 saturated heterocycles. The summed E-state index contributed by atoms with van der Waals surface area (Å²) in [4.78, 5) is 0. The smallest absolute Gasteiger partial charge is 0.123 e. The van der Waals surface area contributed by atoms with Crippen LogP contribution in [0.1, 0.15) is 26.7 Å². The van der Waals surface area contributed by atoms with Crippen molar-refractivity contribution in [3.8, 4) is 5.75 Å². The van der Waals surface area contributed by atoms with Crippen molar-refractivity contribution in [1.29, 1.82) is 0 Å². The molecule has 4 nitrogen and oxygen atoms in total. The third kappa shape index (κ3) is 5.45. The van der Waals surface area contributed by atoms with Crippen molar-refractivity contribution in [2.75, 3.05) is 24.2 Å². The molecule has 0 fully saturated rings. The van der Waals surface area contributed by atoms with Gasteiger partial charge in [-0.25, -0.2) is 0 Å². The van der Waals surface area contributed by atoms with Gasteiger partial charge in [0.2, 0.25) is 0 Å². The lowest BCUT2D eigenvalue weighted by Gasteiger charge is -2.11. The molecule has 0 aliphatic carbocycles. The Labute approximate surface area is 103 Å². The number of hydrogen-bond acceptors (Lipinski definition) is 4. The van der Waals surface area contributed by atoms with Gasteiger partial charge in [-0.1, -0.05) is 0 Å². The quantitative estimate of drug-likeness (QED) is 0.503. The molecule has 1 aromatic rings. The average Bonchev–Trinajstić information content (AvgIpc) is 2.24. The maximum atomic E-state index is 9.14. The minimum Gasteiger partial charge on any atom is -0.494 e. The highest BCUT2D eigenvalue weighted by Crippen LogP contribution is 2.22. The van der Waals surface area contributed by atoms with Crippen LogP contribution in [0.2, 0.25) is 0 Å². The van der Waals surface area contributed by atoms with Crippen molar-refractivity contribution in [3.63, 3.8) is 0 Å². The van der Waals surface area contributed by atoms with Gasteiger partial charge in [0.25, 0.3) is 0 Å². The van der Waals surface area contributed by atoms with Gasteiger partial charge in [-0.05, 0) is 32.8 Å². The number of aliphatic hydroxyl groups excluding tert-OH is 1. The van der Waals surface area contributed by atoms with Crippen molar-refractivity contribution in [3.05, 3.63) is 18.2 Å². The zero-order chi connectivity index (χ0) is 12.7. The highest BCUT2D eigenvalue weighted by atomic mass is 16.5. The molecule has 1 aromatic carbocycles. The summed E-state index contributed by atoms with van der Waals surface area (Å²) in [6.45, 7) is 5.19. The minimum atomic E-state index is -0.239. The maximum absolute atomic E-state index is 9.14. The van der Waals surface area contributed by atoms with Crippen LogP contribution in [0.3, 0.4) is 0 Å². The van der Waals surface area contributed by atoms with E-state index in [0.717, 1.165) is 30.8 Å². The van der Waals surface area contributed by atoms with Crippen LogP contribution in [0.25, 0.3) is 0 Å². The summed E-state index contributed by atoms with van der Waals surface area (Å²) in [5, 5.41) is 12.4. The van der Waals surface area contributed by atoms with Crippen LogP contribution in [-0.4, -0.2) is 24.4 Å². The molecule has 0 spiro atoms. The lowest BCUT2D eigenvalue weighted by atomic mass is 10.2. The van der Waals surface area contributed by atoms with Crippen molar-refractivity contribution >= 4 is 11.4 Å². The fourth-order valence-electron chi connectivity index (χ4n) is 1.60. The molecule has 4 heteroatoms. The van der Waals surface area contributed by atoms with Crippen LogP contribution in [0.4, 0.5) is 11.4 Å². The summed E-state index contributed by atoms with van der Waals surface area (Å²) < 4.78 is 5.41. The second-order valence-electron chi connectivity index (χ2n) is 4.14. The Morgan fingerprint density at radius 1 is 1.41 bits per heavy atom. The number of rotatable bonds is 7. The number of aliphatic hydroxyl groups is 1. The Morgan fingerprint density at radius 3 is 2.82 bits per heavy atom. The second-order valence-corrected chi connectivity index (χ2v) is 4.14. The van der Waals surface area contributed by atoms with E-state index in [0.29, 0.717) is 12.3 Å². The van der Waals surface area contributed by atoms with Gasteiger partial charge in [0.05, 0.1) is 12.7 Å². The summed E-state index contributed by atoms with van der Waals surface area (Å²) in [6, 6.07) is 5.62. The van der Waals surface area contributed by atoms with E-state index in [1.54, 1.807) is 6.92 Å². The van der Waals surface area contributed by atoms with Crippen LogP contribution in [0.15, 0.2) is 18.2 Å². The molecule has 0 saturated carbocycles. The van der Waals surface area contributed by atoms with Crippen LogP contribution in [0.5, 0.6) is 5.75 Å². The summed E-state index contributed by atoms with van der Waals surface area (Å²) in [5.41, 5.74) is 7.43. The van der Waals surface area contributed by atoms with Crippen molar-refractivity contribution in [1.82, 2.24) is 0 Å². The topological polar surface area (TPSA) is 67.5 Å². The van der Waals surface area contributed by atoms with Gasteiger partial charge >= 0.3 is 0 Å². The Balaban J connectivity index is 2.46. The molecule has 17 heavy (non-hydrogen) atoms. The van der Waals surface area contributed by atoms with E-state index in [-0.39, 0.29) is 6.10 Å². The minimum absolute atomic E-state index is 0.239. The van der Waals surface area contributed by atoms with Crippen molar-refractivity contribution in [2.45, 2.75) is 32.8 Å². The molecule has 0 aliphatic heterocycles.